The lowest BCUT2D eigenvalue weighted by Gasteiger charge is -2.07. The molecule has 8 nitrogen and oxygen atoms in total. The fourth-order valence-corrected chi connectivity index (χ4v) is 2.01. The van der Waals surface area contributed by atoms with Crippen LogP contribution in [-0.4, -0.2) is 40.1 Å². The van der Waals surface area contributed by atoms with Gasteiger partial charge in [0.05, 0.1) is 12.6 Å². The van der Waals surface area contributed by atoms with Crippen LogP contribution in [0.2, 0.25) is 0 Å². The number of nitrogens with two attached hydrogens (primary N) is 1. The highest BCUT2D eigenvalue weighted by atomic mass is 16.6. The summed E-state index contributed by atoms with van der Waals surface area (Å²) in [5.41, 5.74) is 5.30. The average Bonchev–Trinajstić information content (AvgIpc) is 2.89. The third-order valence-electron chi connectivity index (χ3n) is 2.82. The van der Waals surface area contributed by atoms with Gasteiger partial charge in [-0.15, -0.1) is 0 Å². The lowest BCUT2D eigenvalue weighted by Crippen LogP contribution is -2.36. The van der Waals surface area contributed by atoms with Crippen molar-refractivity contribution < 1.29 is 9.57 Å². The predicted octanol–water partition coefficient (Wildman–Crippen LogP) is -0.744. The summed E-state index contributed by atoms with van der Waals surface area (Å²) in [4.78, 5) is 16.6. The van der Waals surface area contributed by atoms with Crippen LogP contribution < -0.4 is 11.4 Å². The number of hydrogen-bond donors (Lipinski definition) is 1. The standard InChI is InChI=1S/C10H17N5O3/c1-7-12-14(6-8-4-3-5-18-8)10(16)15(7)9(11)13-17-2/h8H,3-6H2,1-2H3,(H2,11,13)/t8-/m1/s1. The number of aromatic nitrogens is 3. The number of ether oxygens (including phenoxy) is 1. The molecule has 0 bridgehead atoms. The van der Waals surface area contributed by atoms with Crippen molar-refractivity contribution in [2.45, 2.75) is 32.4 Å². The second-order valence-corrected chi connectivity index (χ2v) is 4.11. The van der Waals surface area contributed by atoms with Gasteiger partial charge < -0.3 is 15.3 Å². The smallest absolute Gasteiger partial charge is 0.353 e. The average molecular weight is 255 g/mol. The highest BCUT2D eigenvalue weighted by Crippen LogP contribution is 2.12. The molecule has 100 valence electrons. The van der Waals surface area contributed by atoms with Crippen molar-refractivity contribution in [2.75, 3.05) is 13.7 Å². The fourth-order valence-electron chi connectivity index (χ4n) is 2.01. The molecule has 18 heavy (non-hydrogen) atoms. The summed E-state index contributed by atoms with van der Waals surface area (Å²) in [7, 11) is 1.37. The summed E-state index contributed by atoms with van der Waals surface area (Å²) in [6.07, 6.45) is 2.01. The molecule has 0 spiro atoms. The van der Waals surface area contributed by atoms with E-state index in [1.807, 2.05) is 0 Å². The Balaban J connectivity index is 2.25. The van der Waals surface area contributed by atoms with Crippen LogP contribution in [0, 0.1) is 6.92 Å². The van der Waals surface area contributed by atoms with Crippen molar-refractivity contribution >= 4 is 5.96 Å². The summed E-state index contributed by atoms with van der Waals surface area (Å²) >= 11 is 0. The molecule has 1 fully saturated rings. The number of oxime groups is 1. The van der Waals surface area contributed by atoms with Crippen LogP contribution in [0.3, 0.4) is 0 Å². The van der Waals surface area contributed by atoms with Crippen molar-refractivity contribution in [3.05, 3.63) is 16.3 Å². The van der Waals surface area contributed by atoms with Crippen molar-refractivity contribution in [3.63, 3.8) is 0 Å². The van der Waals surface area contributed by atoms with E-state index in [-0.39, 0.29) is 17.8 Å². The molecule has 0 radical (unpaired) electrons. The molecule has 1 atom stereocenters. The first-order chi connectivity index (χ1) is 8.63. The van der Waals surface area contributed by atoms with Gasteiger partial charge in [-0.1, -0.05) is 0 Å². The zero-order chi connectivity index (χ0) is 13.1. The minimum atomic E-state index is -0.332. The Morgan fingerprint density at radius 2 is 2.50 bits per heavy atom. The van der Waals surface area contributed by atoms with Gasteiger partial charge in [-0.05, 0) is 24.9 Å². The van der Waals surface area contributed by atoms with Crippen molar-refractivity contribution in [1.29, 1.82) is 0 Å². The molecule has 2 heterocycles. The number of rotatable bonds is 3. The Kier molecular flexibility index (Phi) is 3.66. The first-order valence-corrected chi connectivity index (χ1v) is 5.78. The van der Waals surface area contributed by atoms with E-state index in [0.717, 1.165) is 19.4 Å². The molecule has 1 aliphatic rings. The molecule has 8 heteroatoms. The van der Waals surface area contributed by atoms with Crippen LogP contribution in [0.1, 0.15) is 18.7 Å². The van der Waals surface area contributed by atoms with Crippen LogP contribution in [0.4, 0.5) is 0 Å². The highest BCUT2D eigenvalue weighted by Gasteiger charge is 2.20. The maximum Gasteiger partial charge on any atom is 0.353 e. The van der Waals surface area contributed by atoms with Crippen molar-refractivity contribution in [2.24, 2.45) is 10.9 Å². The SMILES string of the molecule is CO/N=C(/N)n1c(C)nn(C[C@H]2CCCO2)c1=O. The lowest BCUT2D eigenvalue weighted by atomic mass is 10.2. The molecule has 0 saturated carbocycles. The second-order valence-electron chi connectivity index (χ2n) is 4.11. The van der Waals surface area contributed by atoms with Gasteiger partial charge >= 0.3 is 5.69 Å². The van der Waals surface area contributed by atoms with E-state index in [2.05, 4.69) is 15.1 Å². The third-order valence-corrected chi connectivity index (χ3v) is 2.82. The monoisotopic (exact) mass is 255 g/mol. The third kappa shape index (κ3) is 2.37. The Labute approximate surface area is 104 Å². The topological polar surface area (TPSA) is 96.7 Å². The summed E-state index contributed by atoms with van der Waals surface area (Å²) in [6, 6.07) is 0. The van der Waals surface area contributed by atoms with Crippen LogP contribution in [0.15, 0.2) is 9.95 Å². The number of aryl methyl sites for hydroxylation is 1. The minimum Gasteiger partial charge on any atom is -0.396 e. The molecule has 0 aliphatic carbocycles. The largest absolute Gasteiger partial charge is 0.396 e. The molecule has 0 unspecified atom stereocenters. The van der Waals surface area contributed by atoms with Crippen molar-refractivity contribution in [1.82, 2.24) is 14.3 Å². The van der Waals surface area contributed by atoms with Gasteiger partial charge in [-0.3, -0.25) is 0 Å². The maximum absolute atomic E-state index is 12.1. The Hall–Kier alpha value is -1.83. The molecule has 1 aromatic rings. The van der Waals surface area contributed by atoms with Gasteiger partial charge in [0.2, 0.25) is 5.96 Å². The molecular weight excluding hydrogens is 238 g/mol. The predicted molar refractivity (Wildman–Crippen MR) is 64.2 cm³/mol. The van der Waals surface area contributed by atoms with Gasteiger partial charge in [0.1, 0.15) is 12.9 Å². The Morgan fingerprint density at radius 3 is 3.11 bits per heavy atom. The highest BCUT2D eigenvalue weighted by molar-refractivity contribution is 5.80. The lowest BCUT2D eigenvalue weighted by molar-refractivity contribution is 0.0929. The molecule has 2 rings (SSSR count). The molecule has 1 aromatic heterocycles. The van der Waals surface area contributed by atoms with E-state index in [4.69, 9.17) is 10.5 Å². The summed E-state index contributed by atoms with van der Waals surface area (Å²) in [6.45, 7) is 2.87. The Bertz CT molecular complexity index is 498. The van der Waals surface area contributed by atoms with E-state index in [1.54, 1.807) is 6.92 Å². The van der Waals surface area contributed by atoms with Crippen molar-refractivity contribution in [3.8, 4) is 0 Å². The molecular formula is C10H17N5O3. The van der Waals surface area contributed by atoms with Gasteiger partial charge in [-0.25, -0.2) is 14.0 Å². The molecule has 0 aromatic carbocycles. The number of nitrogens with zero attached hydrogens (tertiary/aromatic N) is 4. The van der Waals surface area contributed by atoms with E-state index >= 15 is 0 Å². The zero-order valence-corrected chi connectivity index (χ0v) is 10.5. The maximum atomic E-state index is 12.1. The van der Waals surface area contributed by atoms with Crippen LogP contribution in [-0.2, 0) is 16.1 Å². The van der Waals surface area contributed by atoms with Crippen LogP contribution >= 0.6 is 0 Å². The van der Waals surface area contributed by atoms with E-state index < -0.39 is 0 Å². The second kappa shape index (κ2) is 5.21. The molecule has 2 N–H and O–H groups in total. The number of hydrogen-bond acceptors (Lipinski definition) is 5. The molecule has 1 saturated heterocycles. The van der Waals surface area contributed by atoms with Gasteiger partial charge in [-0.2, -0.15) is 5.10 Å². The molecule has 1 aliphatic heterocycles. The zero-order valence-electron chi connectivity index (χ0n) is 10.5. The summed E-state index contributed by atoms with van der Waals surface area (Å²) in [5.74, 6) is 0.440. The Morgan fingerprint density at radius 1 is 1.72 bits per heavy atom. The molecule has 0 amide bonds. The first-order valence-electron chi connectivity index (χ1n) is 5.78. The van der Waals surface area contributed by atoms with Gasteiger partial charge in [0.25, 0.3) is 0 Å². The van der Waals surface area contributed by atoms with Crippen LogP contribution in [0.25, 0.3) is 0 Å². The summed E-state index contributed by atoms with van der Waals surface area (Å²) in [5, 5.41) is 7.68. The van der Waals surface area contributed by atoms with E-state index in [0.29, 0.717) is 12.4 Å². The fraction of sp³-hybridized carbons (Fsp3) is 0.700. The first kappa shape index (κ1) is 12.6. The normalized spacial score (nSPS) is 20.3. The summed E-state index contributed by atoms with van der Waals surface area (Å²) < 4.78 is 8.03. The minimum absolute atomic E-state index is 0.0291. The van der Waals surface area contributed by atoms with Gasteiger partial charge in [0, 0.05) is 6.61 Å². The quantitative estimate of drug-likeness (QED) is 0.436. The van der Waals surface area contributed by atoms with E-state index in [1.165, 1.54) is 16.4 Å². The van der Waals surface area contributed by atoms with E-state index in [9.17, 15) is 4.79 Å². The van der Waals surface area contributed by atoms with Gasteiger partial charge in [0.15, 0.2) is 0 Å². The van der Waals surface area contributed by atoms with Crippen LogP contribution in [0.5, 0.6) is 0 Å².